The van der Waals surface area contributed by atoms with Crippen molar-refractivity contribution in [2.24, 2.45) is 5.92 Å². The summed E-state index contributed by atoms with van der Waals surface area (Å²) >= 11 is 3.42. The average Bonchev–Trinajstić information content (AvgIpc) is 3.13. The summed E-state index contributed by atoms with van der Waals surface area (Å²) in [5.41, 5.74) is 2.70. The molecule has 186 valence electrons. The number of aliphatic hydroxyl groups is 1. The molecule has 1 unspecified atom stereocenters. The van der Waals surface area contributed by atoms with Crippen LogP contribution in [0.1, 0.15) is 36.6 Å². The van der Waals surface area contributed by atoms with Crippen LogP contribution in [0.2, 0.25) is 0 Å². The number of carbonyl (C=O) groups excluding carboxylic acids is 2. The van der Waals surface area contributed by atoms with E-state index in [4.69, 9.17) is 9.47 Å². The van der Waals surface area contributed by atoms with E-state index < -0.39 is 17.7 Å². The van der Waals surface area contributed by atoms with Gasteiger partial charge in [-0.05, 0) is 76.8 Å². The van der Waals surface area contributed by atoms with E-state index >= 15 is 0 Å². The maximum Gasteiger partial charge on any atom is 0.300 e. The second kappa shape index (κ2) is 10.6. The highest BCUT2D eigenvalue weighted by molar-refractivity contribution is 9.10. The van der Waals surface area contributed by atoms with E-state index in [0.717, 1.165) is 5.56 Å². The number of ether oxygens (including phenoxy) is 2. The van der Waals surface area contributed by atoms with Gasteiger partial charge in [0.1, 0.15) is 17.3 Å². The van der Waals surface area contributed by atoms with Crippen molar-refractivity contribution >= 4 is 39.1 Å². The smallest absolute Gasteiger partial charge is 0.300 e. The van der Waals surface area contributed by atoms with Gasteiger partial charge in [0, 0.05) is 11.3 Å². The molecule has 0 saturated carbocycles. The third-order valence-electron chi connectivity index (χ3n) is 5.96. The number of ketones is 1. The maximum absolute atomic E-state index is 13.3. The van der Waals surface area contributed by atoms with Gasteiger partial charge in [-0.2, -0.15) is 0 Å². The number of rotatable bonds is 7. The first kappa shape index (κ1) is 25.5. The summed E-state index contributed by atoms with van der Waals surface area (Å²) in [7, 11) is 1.54. The van der Waals surface area contributed by atoms with E-state index in [1.807, 2.05) is 43.3 Å². The molecule has 36 heavy (non-hydrogen) atoms. The minimum atomic E-state index is -0.812. The molecule has 1 atom stereocenters. The number of methoxy groups -OCH3 is 1. The standard InChI is InChI=1S/C29H28BrNO5/c1-17(2)16-36-22-12-7-19(8-13-22)26-25(27(32)20-9-14-24(35-4)23(30)15-20)28(33)29(34)31(26)21-10-5-18(3)6-11-21/h5-15,17,26,32H,16H2,1-4H3/b27-25-. The molecule has 0 aromatic heterocycles. The van der Waals surface area contributed by atoms with E-state index in [1.165, 1.54) is 4.90 Å². The van der Waals surface area contributed by atoms with Crippen LogP contribution in [0, 0.1) is 12.8 Å². The molecular formula is C29H28BrNO5. The minimum absolute atomic E-state index is 0.0218. The fourth-order valence-electron chi connectivity index (χ4n) is 4.10. The molecule has 0 bridgehead atoms. The van der Waals surface area contributed by atoms with Gasteiger partial charge < -0.3 is 14.6 Å². The summed E-state index contributed by atoms with van der Waals surface area (Å²) in [6.07, 6.45) is 0. The summed E-state index contributed by atoms with van der Waals surface area (Å²) in [6, 6.07) is 18.8. The van der Waals surface area contributed by atoms with E-state index in [1.54, 1.807) is 37.4 Å². The molecule has 3 aromatic rings. The van der Waals surface area contributed by atoms with Crippen LogP contribution in [0.5, 0.6) is 11.5 Å². The summed E-state index contributed by atoms with van der Waals surface area (Å²) in [5.74, 6) is -0.0409. The van der Waals surface area contributed by atoms with Gasteiger partial charge in [0.15, 0.2) is 0 Å². The zero-order valence-corrected chi connectivity index (χ0v) is 22.2. The van der Waals surface area contributed by atoms with E-state index in [9.17, 15) is 14.7 Å². The molecule has 0 spiro atoms. The number of aliphatic hydroxyl groups excluding tert-OH is 1. The summed E-state index contributed by atoms with van der Waals surface area (Å²) in [6.45, 7) is 6.67. The van der Waals surface area contributed by atoms with E-state index in [0.29, 0.717) is 45.3 Å². The predicted molar refractivity (Wildman–Crippen MR) is 143 cm³/mol. The number of halogens is 1. The van der Waals surface area contributed by atoms with Crippen molar-refractivity contribution in [1.29, 1.82) is 0 Å². The molecule has 6 nitrogen and oxygen atoms in total. The van der Waals surface area contributed by atoms with Crippen molar-refractivity contribution < 1.29 is 24.2 Å². The number of aryl methyl sites for hydroxylation is 1. The monoisotopic (exact) mass is 549 g/mol. The van der Waals surface area contributed by atoms with Crippen LogP contribution >= 0.6 is 15.9 Å². The van der Waals surface area contributed by atoms with Crippen LogP contribution in [0.4, 0.5) is 5.69 Å². The first-order chi connectivity index (χ1) is 17.2. The molecule has 1 saturated heterocycles. The lowest BCUT2D eigenvalue weighted by Gasteiger charge is -2.26. The summed E-state index contributed by atoms with van der Waals surface area (Å²) in [4.78, 5) is 28.1. The SMILES string of the molecule is COc1ccc(/C(O)=C2/C(=O)C(=O)N(c3ccc(C)cc3)C2c2ccc(OCC(C)C)cc2)cc1Br. The first-order valence-electron chi connectivity index (χ1n) is 11.7. The largest absolute Gasteiger partial charge is 0.507 e. The Hall–Kier alpha value is -3.58. The molecule has 3 aromatic carbocycles. The van der Waals surface area contributed by atoms with Gasteiger partial charge in [-0.15, -0.1) is 0 Å². The van der Waals surface area contributed by atoms with Gasteiger partial charge in [-0.25, -0.2) is 0 Å². The molecule has 1 N–H and O–H groups in total. The Morgan fingerprint density at radius 3 is 2.28 bits per heavy atom. The van der Waals surface area contributed by atoms with Crippen molar-refractivity contribution in [3.8, 4) is 11.5 Å². The number of nitrogens with zero attached hydrogens (tertiary/aromatic N) is 1. The zero-order chi connectivity index (χ0) is 26.0. The lowest BCUT2D eigenvalue weighted by atomic mass is 9.95. The van der Waals surface area contributed by atoms with Gasteiger partial charge in [0.2, 0.25) is 0 Å². The lowest BCUT2D eigenvalue weighted by molar-refractivity contribution is -0.132. The average molecular weight is 550 g/mol. The highest BCUT2D eigenvalue weighted by atomic mass is 79.9. The normalized spacial score (nSPS) is 17.1. The number of carbonyl (C=O) groups is 2. The molecule has 7 heteroatoms. The maximum atomic E-state index is 13.3. The van der Waals surface area contributed by atoms with Crippen molar-refractivity contribution in [2.45, 2.75) is 26.8 Å². The Morgan fingerprint density at radius 2 is 1.69 bits per heavy atom. The molecule has 4 rings (SSSR count). The molecule has 1 aliphatic heterocycles. The quantitative estimate of drug-likeness (QED) is 0.209. The van der Waals surface area contributed by atoms with Gasteiger partial charge >= 0.3 is 0 Å². The molecule has 0 radical (unpaired) electrons. The second-order valence-corrected chi connectivity index (χ2v) is 9.98. The Morgan fingerprint density at radius 1 is 1.03 bits per heavy atom. The molecule has 1 fully saturated rings. The van der Waals surface area contributed by atoms with Crippen molar-refractivity contribution in [3.63, 3.8) is 0 Å². The number of benzene rings is 3. The molecule has 1 amide bonds. The molecular weight excluding hydrogens is 522 g/mol. The lowest BCUT2D eigenvalue weighted by Crippen LogP contribution is -2.29. The zero-order valence-electron chi connectivity index (χ0n) is 20.6. The van der Waals surface area contributed by atoms with Gasteiger partial charge in [0.25, 0.3) is 11.7 Å². The highest BCUT2D eigenvalue weighted by Gasteiger charge is 2.47. The Bertz CT molecular complexity index is 1310. The molecule has 1 heterocycles. The number of Topliss-reactive ketones (excluding diaryl/α,β-unsaturated/α-hetero) is 1. The Balaban J connectivity index is 1.85. The predicted octanol–water partition coefficient (Wildman–Crippen LogP) is 6.43. The Kier molecular flexibility index (Phi) is 7.50. The van der Waals surface area contributed by atoms with Crippen LogP contribution in [-0.2, 0) is 9.59 Å². The number of anilines is 1. The third-order valence-corrected chi connectivity index (χ3v) is 6.58. The second-order valence-electron chi connectivity index (χ2n) is 9.13. The van der Waals surface area contributed by atoms with E-state index in [2.05, 4.69) is 29.8 Å². The minimum Gasteiger partial charge on any atom is -0.507 e. The van der Waals surface area contributed by atoms with Crippen LogP contribution in [0.15, 0.2) is 76.8 Å². The van der Waals surface area contributed by atoms with Crippen molar-refractivity contribution in [3.05, 3.63) is 93.5 Å². The fraction of sp³-hybridized carbons (Fsp3) is 0.241. The summed E-state index contributed by atoms with van der Waals surface area (Å²) < 4.78 is 11.7. The van der Waals surface area contributed by atoms with Crippen LogP contribution in [0.25, 0.3) is 5.76 Å². The number of amides is 1. The number of hydrogen-bond donors (Lipinski definition) is 1. The van der Waals surface area contributed by atoms with Gasteiger partial charge in [-0.1, -0.05) is 43.7 Å². The van der Waals surface area contributed by atoms with Crippen LogP contribution in [0.3, 0.4) is 0 Å². The summed E-state index contributed by atoms with van der Waals surface area (Å²) in [5, 5.41) is 11.3. The molecule has 0 aliphatic carbocycles. The van der Waals surface area contributed by atoms with Crippen LogP contribution in [-0.4, -0.2) is 30.5 Å². The van der Waals surface area contributed by atoms with Gasteiger partial charge in [0.05, 0.1) is 29.8 Å². The Labute approximate surface area is 219 Å². The molecule has 1 aliphatic rings. The topological polar surface area (TPSA) is 76.1 Å². The first-order valence-corrected chi connectivity index (χ1v) is 12.4. The fourth-order valence-corrected chi connectivity index (χ4v) is 4.64. The van der Waals surface area contributed by atoms with Crippen molar-refractivity contribution in [1.82, 2.24) is 0 Å². The highest BCUT2D eigenvalue weighted by Crippen LogP contribution is 2.43. The van der Waals surface area contributed by atoms with Crippen molar-refractivity contribution in [2.75, 3.05) is 18.6 Å². The number of hydrogen-bond acceptors (Lipinski definition) is 5. The van der Waals surface area contributed by atoms with Gasteiger partial charge in [-0.3, -0.25) is 14.5 Å². The van der Waals surface area contributed by atoms with E-state index in [-0.39, 0.29) is 11.3 Å². The van der Waals surface area contributed by atoms with Crippen LogP contribution < -0.4 is 14.4 Å². The third kappa shape index (κ3) is 5.02.